The van der Waals surface area contributed by atoms with Gasteiger partial charge in [0.05, 0.1) is 11.3 Å². The number of aromatic carboxylic acids is 1. The number of ether oxygens (including phenoxy) is 1. The first-order valence-corrected chi connectivity index (χ1v) is 6.21. The fourth-order valence-electron chi connectivity index (χ4n) is 1.93. The van der Waals surface area contributed by atoms with E-state index in [4.69, 9.17) is 9.84 Å². The van der Waals surface area contributed by atoms with Crippen LogP contribution in [-0.4, -0.2) is 20.5 Å². The molecule has 0 amide bonds. The standard InChI is InChI=1S/C15H11FN2O3/c16-11-1-3-13(4-2-11)21-9-12-8-18-6-5-10(15(19)20)7-14(18)17-12/h1-8H,9H2,(H,19,20). The molecule has 2 heterocycles. The summed E-state index contributed by atoms with van der Waals surface area (Å²) in [5.74, 6) is -0.777. The van der Waals surface area contributed by atoms with E-state index in [1.807, 2.05) is 0 Å². The van der Waals surface area contributed by atoms with Crippen molar-refractivity contribution in [3.8, 4) is 5.75 Å². The molecule has 1 aromatic carbocycles. The minimum atomic E-state index is -0.996. The number of rotatable bonds is 4. The van der Waals surface area contributed by atoms with E-state index in [1.165, 1.54) is 36.4 Å². The maximum Gasteiger partial charge on any atom is 0.335 e. The number of benzene rings is 1. The second kappa shape index (κ2) is 5.24. The monoisotopic (exact) mass is 286 g/mol. The molecule has 0 saturated carbocycles. The molecule has 0 unspecified atom stereocenters. The van der Waals surface area contributed by atoms with Gasteiger partial charge in [-0.05, 0) is 36.4 Å². The average molecular weight is 286 g/mol. The topological polar surface area (TPSA) is 63.8 Å². The third kappa shape index (κ3) is 2.84. The summed E-state index contributed by atoms with van der Waals surface area (Å²) < 4.78 is 20.0. The Bertz CT molecular complexity index is 796. The van der Waals surface area contributed by atoms with Gasteiger partial charge in [-0.25, -0.2) is 14.2 Å². The van der Waals surface area contributed by atoms with E-state index in [1.54, 1.807) is 16.8 Å². The van der Waals surface area contributed by atoms with E-state index in [9.17, 15) is 9.18 Å². The molecule has 3 rings (SSSR count). The zero-order chi connectivity index (χ0) is 14.8. The van der Waals surface area contributed by atoms with E-state index in [0.29, 0.717) is 17.1 Å². The first-order chi connectivity index (χ1) is 10.1. The van der Waals surface area contributed by atoms with E-state index in [0.717, 1.165) is 0 Å². The molecule has 0 aliphatic carbocycles. The molecule has 5 nitrogen and oxygen atoms in total. The number of carbonyl (C=O) groups is 1. The summed E-state index contributed by atoms with van der Waals surface area (Å²) in [6.45, 7) is 0.218. The molecule has 0 fully saturated rings. The maximum atomic E-state index is 12.8. The van der Waals surface area contributed by atoms with Crippen LogP contribution in [0.2, 0.25) is 0 Å². The third-order valence-electron chi connectivity index (χ3n) is 2.96. The van der Waals surface area contributed by atoms with Gasteiger partial charge in [-0.1, -0.05) is 0 Å². The van der Waals surface area contributed by atoms with Gasteiger partial charge in [-0.3, -0.25) is 0 Å². The number of imidazole rings is 1. The van der Waals surface area contributed by atoms with Crippen molar-refractivity contribution >= 4 is 11.6 Å². The van der Waals surface area contributed by atoms with E-state index in [2.05, 4.69) is 4.98 Å². The molecular formula is C15H11FN2O3. The van der Waals surface area contributed by atoms with Crippen LogP contribution in [0.5, 0.6) is 5.75 Å². The molecule has 6 heteroatoms. The Labute approximate surface area is 119 Å². The number of hydrogen-bond donors (Lipinski definition) is 1. The van der Waals surface area contributed by atoms with Crippen LogP contribution in [0.25, 0.3) is 5.65 Å². The van der Waals surface area contributed by atoms with Crippen LogP contribution in [0.1, 0.15) is 16.1 Å². The Morgan fingerprint density at radius 2 is 2.05 bits per heavy atom. The Balaban J connectivity index is 1.78. The van der Waals surface area contributed by atoms with Crippen molar-refractivity contribution < 1.29 is 19.0 Å². The predicted molar refractivity (Wildman–Crippen MR) is 72.9 cm³/mol. The van der Waals surface area contributed by atoms with Crippen LogP contribution in [0.4, 0.5) is 4.39 Å². The number of nitrogens with zero attached hydrogens (tertiary/aromatic N) is 2. The number of pyridine rings is 1. The predicted octanol–water partition coefficient (Wildman–Crippen LogP) is 2.75. The largest absolute Gasteiger partial charge is 0.487 e. The normalized spacial score (nSPS) is 10.7. The fraction of sp³-hybridized carbons (Fsp3) is 0.0667. The number of fused-ring (bicyclic) bond motifs is 1. The molecule has 0 atom stereocenters. The zero-order valence-electron chi connectivity index (χ0n) is 10.9. The lowest BCUT2D eigenvalue weighted by atomic mass is 10.3. The molecule has 0 saturated heterocycles. The highest BCUT2D eigenvalue weighted by Gasteiger charge is 2.07. The SMILES string of the molecule is O=C(O)c1ccn2cc(COc3ccc(F)cc3)nc2c1. The van der Waals surface area contributed by atoms with Crippen LogP contribution < -0.4 is 4.74 Å². The van der Waals surface area contributed by atoms with Crippen molar-refractivity contribution in [1.82, 2.24) is 9.38 Å². The van der Waals surface area contributed by atoms with Gasteiger partial charge in [-0.15, -0.1) is 0 Å². The lowest BCUT2D eigenvalue weighted by molar-refractivity contribution is 0.0697. The minimum Gasteiger partial charge on any atom is -0.487 e. The van der Waals surface area contributed by atoms with Crippen molar-refractivity contribution in [2.45, 2.75) is 6.61 Å². The smallest absolute Gasteiger partial charge is 0.335 e. The van der Waals surface area contributed by atoms with E-state index < -0.39 is 5.97 Å². The first kappa shape index (κ1) is 13.1. The summed E-state index contributed by atoms with van der Waals surface area (Å²) in [7, 11) is 0. The number of carboxylic acids is 1. The van der Waals surface area contributed by atoms with Crippen LogP contribution in [0.15, 0.2) is 48.8 Å². The van der Waals surface area contributed by atoms with Crippen molar-refractivity contribution in [3.05, 3.63) is 65.9 Å². The second-order valence-electron chi connectivity index (χ2n) is 4.46. The summed E-state index contributed by atoms with van der Waals surface area (Å²) in [5, 5.41) is 8.93. The van der Waals surface area contributed by atoms with Crippen molar-refractivity contribution in [1.29, 1.82) is 0 Å². The molecule has 0 radical (unpaired) electrons. The Hall–Kier alpha value is -2.89. The third-order valence-corrected chi connectivity index (χ3v) is 2.96. The highest BCUT2D eigenvalue weighted by atomic mass is 19.1. The van der Waals surface area contributed by atoms with Gasteiger partial charge in [0.15, 0.2) is 0 Å². The Morgan fingerprint density at radius 3 is 2.76 bits per heavy atom. The second-order valence-corrected chi connectivity index (χ2v) is 4.46. The van der Waals surface area contributed by atoms with Gasteiger partial charge in [0.2, 0.25) is 0 Å². The summed E-state index contributed by atoms with van der Waals surface area (Å²) in [6.07, 6.45) is 3.39. The van der Waals surface area contributed by atoms with Gasteiger partial charge < -0.3 is 14.2 Å². The maximum absolute atomic E-state index is 12.8. The number of hydrogen-bond acceptors (Lipinski definition) is 3. The van der Waals surface area contributed by atoms with Crippen molar-refractivity contribution in [2.24, 2.45) is 0 Å². The zero-order valence-corrected chi connectivity index (χ0v) is 10.9. The van der Waals surface area contributed by atoms with Gasteiger partial charge in [-0.2, -0.15) is 0 Å². The summed E-state index contributed by atoms with van der Waals surface area (Å²) in [6, 6.07) is 8.70. The summed E-state index contributed by atoms with van der Waals surface area (Å²) in [4.78, 5) is 15.2. The summed E-state index contributed by atoms with van der Waals surface area (Å²) in [5.41, 5.74) is 1.37. The molecule has 0 aliphatic heterocycles. The molecule has 1 N–H and O–H groups in total. The van der Waals surface area contributed by atoms with Crippen molar-refractivity contribution in [2.75, 3.05) is 0 Å². The lowest BCUT2D eigenvalue weighted by Crippen LogP contribution is -1.97. The Morgan fingerprint density at radius 1 is 1.29 bits per heavy atom. The molecule has 21 heavy (non-hydrogen) atoms. The number of aromatic nitrogens is 2. The van der Waals surface area contributed by atoms with E-state index in [-0.39, 0.29) is 18.0 Å². The van der Waals surface area contributed by atoms with Crippen LogP contribution in [0.3, 0.4) is 0 Å². The van der Waals surface area contributed by atoms with Gasteiger partial charge in [0, 0.05) is 12.4 Å². The van der Waals surface area contributed by atoms with E-state index >= 15 is 0 Å². The molecular weight excluding hydrogens is 275 g/mol. The quantitative estimate of drug-likeness (QED) is 0.801. The van der Waals surface area contributed by atoms with Crippen LogP contribution in [0, 0.1) is 5.82 Å². The lowest BCUT2D eigenvalue weighted by Gasteiger charge is -2.02. The number of carboxylic acid groups (broad SMARTS) is 1. The fourth-order valence-corrected chi connectivity index (χ4v) is 1.93. The molecule has 0 spiro atoms. The van der Waals surface area contributed by atoms with Gasteiger partial charge in [0.25, 0.3) is 0 Å². The molecule has 2 aromatic heterocycles. The average Bonchev–Trinajstić information content (AvgIpc) is 2.88. The van der Waals surface area contributed by atoms with Crippen LogP contribution >= 0.6 is 0 Å². The minimum absolute atomic E-state index is 0.180. The first-order valence-electron chi connectivity index (χ1n) is 6.21. The van der Waals surface area contributed by atoms with Crippen molar-refractivity contribution in [3.63, 3.8) is 0 Å². The number of halogens is 1. The van der Waals surface area contributed by atoms with Gasteiger partial charge in [0.1, 0.15) is 23.8 Å². The van der Waals surface area contributed by atoms with Gasteiger partial charge >= 0.3 is 5.97 Å². The Kier molecular flexibility index (Phi) is 3.27. The molecule has 0 bridgehead atoms. The molecule has 106 valence electrons. The highest BCUT2D eigenvalue weighted by Crippen LogP contribution is 2.14. The molecule has 3 aromatic rings. The summed E-state index contributed by atoms with van der Waals surface area (Å²) >= 11 is 0. The molecule has 0 aliphatic rings. The highest BCUT2D eigenvalue weighted by molar-refractivity contribution is 5.88. The van der Waals surface area contributed by atoms with Crippen LogP contribution in [-0.2, 0) is 6.61 Å².